The molecule has 0 bridgehead atoms. The van der Waals surface area contributed by atoms with Crippen molar-refractivity contribution < 1.29 is 9.15 Å². The Labute approximate surface area is 273 Å². The van der Waals surface area contributed by atoms with E-state index in [-0.39, 0.29) is 5.43 Å². The summed E-state index contributed by atoms with van der Waals surface area (Å²) in [7, 11) is 0. The Morgan fingerprint density at radius 1 is 0.596 bits per heavy atom. The van der Waals surface area contributed by atoms with Crippen molar-refractivity contribution in [1.82, 2.24) is 0 Å². The monoisotopic (exact) mass is 611 g/mol. The van der Waals surface area contributed by atoms with Crippen molar-refractivity contribution in [3.63, 3.8) is 0 Å². The summed E-state index contributed by atoms with van der Waals surface area (Å²) >= 11 is 0. The zero-order chi connectivity index (χ0) is 32.0. The molecule has 0 amide bonds. The molecule has 0 saturated carbocycles. The molecule has 0 N–H and O–H groups in total. The molecule has 6 aromatic carbocycles. The number of hydrogen-bond acceptors (Lipinski definition) is 4. The third-order valence-corrected chi connectivity index (χ3v) is 10.00. The first-order valence-corrected chi connectivity index (χ1v) is 16.2. The number of anilines is 3. The molecule has 9 rings (SSSR count). The molecular formula is C43H33NO3. The molecule has 4 nitrogen and oxygen atoms in total. The summed E-state index contributed by atoms with van der Waals surface area (Å²) in [5, 5.41) is 1.16. The van der Waals surface area contributed by atoms with E-state index >= 15 is 0 Å². The molecule has 228 valence electrons. The standard InChI is InChI=1S/C43H33NO3/c1-25(2)28-15-20-40-35(23-28)43(32-10-6-8-12-39(32)47-40)33-21-26(3)13-18-36(33)44(37-19-14-27(4)22-34(37)43)29-16-17-31-41(24-29)46-38-11-7-5-9-30(38)42(31)45/h5-25H,1-4H3. The van der Waals surface area contributed by atoms with Crippen molar-refractivity contribution in [2.45, 2.75) is 39.0 Å². The van der Waals surface area contributed by atoms with Gasteiger partial charge in [-0.1, -0.05) is 91.7 Å². The molecule has 2 aliphatic rings. The van der Waals surface area contributed by atoms with Gasteiger partial charge in [0.05, 0.1) is 27.6 Å². The number of nitrogens with zero attached hydrogens (tertiary/aromatic N) is 1. The van der Waals surface area contributed by atoms with Crippen molar-refractivity contribution in [2.75, 3.05) is 4.90 Å². The van der Waals surface area contributed by atoms with E-state index in [1.165, 1.54) is 27.8 Å². The predicted molar refractivity (Wildman–Crippen MR) is 190 cm³/mol. The second kappa shape index (κ2) is 9.94. The Morgan fingerprint density at radius 3 is 2.00 bits per heavy atom. The lowest BCUT2D eigenvalue weighted by Gasteiger charge is -2.49. The van der Waals surface area contributed by atoms with Crippen LogP contribution in [0, 0.1) is 13.8 Å². The SMILES string of the molecule is Cc1ccc2c(c1)C1(c3ccccc3Oc3ccc(C(C)C)cc31)c1cc(C)ccc1N2c1ccc2c(=O)c3ccccc3oc2c1. The van der Waals surface area contributed by atoms with Crippen LogP contribution < -0.4 is 15.1 Å². The van der Waals surface area contributed by atoms with Gasteiger partial charge in [-0.15, -0.1) is 0 Å². The number of ether oxygens (including phenoxy) is 1. The van der Waals surface area contributed by atoms with Crippen molar-refractivity contribution in [2.24, 2.45) is 0 Å². The zero-order valence-corrected chi connectivity index (χ0v) is 26.8. The van der Waals surface area contributed by atoms with Gasteiger partial charge >= 0.3 is 0 Å². The van der Waals surface area contributed by atoms with E-state index in [1.807, 2.05) is 42.5 Å². The topological polar surface area (TPSA) is 42.7 Å². The molecule has 47 heavy (non-hydrogen) atoms. The molecule has 0 saturated heterocycles. The molecule has 7 aromatic rings. The van der Waals surface area contributed by atoms with Gasteiger partial charge in [-0.2, -0.15) is 0 Å². The first-order valence-electron chi connectivity index (χ1n) is 16.2. The maximum absolute atomic E-state index is 13.5. The van der Waals surface area contributed by atoms with Crippen LogP contribution >= 0.6 is 0 Å². The summed E-state index contributed by atoms with van der Waals surface area (Å²) in [5.41, 5.74) is 11.9. The van der Waals surface area contributed by atoms with Crippen LogP contribution in [0.4, 0.5) is 17.1 Å². The zero-order valence-electron chi connectivity index (χ0n) is 26.8. The van der Waals surface area contributed by atoms with Crippen molar-refractivity contribution in [3.8, 4) is 11.5 Å². The maximum atomic E-state index is 13.5. The van der Waals surface area contributed by atoms with Crippen molar-refractivity contribution >= 4 is 39.0 Å². The average molecular weight is 612 g/mol. The number of benzene rings is 6. The van der Waals surface area contributed by atoms with Crippen LogP contribution in [0.2, 0.25) is 0 Å². The molecule has 3 heterocycles. The van der Waals surface area contributed by atoms with Gasteiger partial charge in [0, 0.05) is 22.9 Å². The minimum atomic E-state index is -0.631. The lowest BCUT2D eigenvalue weighted by atomic mass is 9.60. The van der Waals surface area contributed by atoms with Crippen LogP contribution in [-0.4, -0.2) is 0 Å². The molecule has 0 unspecified atom stereocenters. The Bertz CT molecular complexity index is 2430. The highest BCUT2D eigenvalue weighted by atomic mass is 16.5. The van der Waals surface area contributed by atoms with E-state index in [9.17, 15) is 4.79 Å². The largest absolute Gasteiger partial charge is 0.457 e. The Balaban J connectivity index is 1.40. The Kier molecular flexibility index (Phi) is 5.86. The summed E-state index contributed by atoms with van der Waals surface area (Å²) in [6.45, 7) is 8.81. The van der Waals surface area contributed by atoms with E-state index in [2.05, 4.69) is 111 Å². The van der Waals surface area contributed by atoms with Gasteiger partial charge in [-0.05, 0) is 85.0 Å². The molecule has 4 heteroatoms. The van der Waals surface area contributed by atoms with Gasteiger partial charge in [-0.25, -0.2) is 0 Å². The lowest BCUT2D eigenvalue weighted by molar-refractivity contribution is 0.433. The van der Waals surface area contributed by atoms with Crippen LogP contribution in [0.15, 0.2) is 131 Å². The highest BCUT2D eigenvalue weighted by Crippen LogP contribution is 2.63. The van der Waals surface area contributed by atoms with Crippen LogP contribution in [0.3, 0.4) is 0 Å². The molecule has 2 aliphatic heterocycles. The summed E-state index contributed by atoms with van der Waals surface area (Å²) in [4.78, 5) is 15.8. The quantitative estimate of drug-likeness (QED) is 0.182. The number of para-hydroxylation sites is 2. The molecule has 0 radical (unpaired) electrons. The number of hydrogen-bond donors (Lipinski definition) is 0. The summed E-state index contributed by atoms with van der Waals surface area (Å²) < 4.78 is 13.0. The van der Waals surface area contributed by atoms with Gasteiger partial charge in [0.2, 0.25) is 5.43 Å². The summed E-state index contributed by atoms with van der Waals surface area (Å²) in [6.07, 6.45) is 0. The van der Waals surface area contributed by atoms with Crippen molar-refractivity contribution in [1.29, 1.82) is 0 Å². The number of aryl methyl sites for hydroxylation is 2. The molecule has 0 atom stereocenters. The molecule has 0 aliphatic carbocycles. The molecule has 1 aromatic heterocycles. The van der Waals surface area contributed by atoms with Crippen LogP contribution in [0.5, 0.6) is 11.5 Å². The molecular weight excluding hydrogens is 578 g/mol. The highest BCUT2D eigenvalue weighted by Gasteiger charge is 2.51. The fourth-order valence-corrected chi connectivity index (χ4v) is 7.77. The smallest absolute Gasteiger partial charge is 0.200 e. The van der Waals surface area contributed by atoms with E-state index in [0.717, 1.165) is 39.7 Å². The van der Waals surface area contributed by atoms with Gasteiger partial charge < -0.3 is 14.1 Å². The summed E-state index contributed by atoms with van der Waals surface area (Å²) in [5.74, 6) is 2.10. The number of fused-ring (bicyclic) bond motifs is 10. The van der Waals surface area contributed by atoms with Crippen LogP contribution in [0.1, 0.15) is 58.7 Å². The minimum absolute atomic E-state index is 0.0191. The average Bonchev–Trinajstić information content (AvgIpc) is 3.08. The van der Waals surface area contributed by atoms with E-state index in [1.54, 1.807) is 0 Å². The second-order valence-corrected chi connectivity index (χ2v) is 13.2. The van der Waals surface area contributed by atoms with Crippen LogP contribution in [0.25, 0.3) is 21.9 Å². The van der Waals surface area contributed by atoms with E-state index < -0.39 is 5.41 Å². The second-order valence-electron chi connectivity index (χ2n) is 13.2. The first kappa shape index (κ1) is 27.7. The van der Waals surface area contributed by atoms with Gasteiger partial charge in [0.25, 0.3) is 0 Å². The van der Waals surface area contributed by atoms with Gasteiger partial charge in [0.1, 0.15) is 22.7 Å². The third kappa shape index (κ3) is 3.85. The lowest BCUT2D eigenvalue weighted by Crippen LogP contribution is -2.40. The van der Waals surface area contributed by atoms with Crippen molar-refractivity contribution in [3.05, 3.63) is 170 Å². The molecule has 1 spiro atoms. The van der Waals surface area contributed by atoms with E-state index in [0.29, 0.717) is 27.9 Å². The van der Waals surface area contributed by atoms with Crippen LogP contribution in [-0.2, 0) is 5.41 Å². The third-order valence-electron chi connectivity index (χ3n) is 10.00. The maximum Gasteiger partial charge on any atom is 0.200 e. The molecule has 0 fully saturated rings. The van der Waals surface area contributed by atoms with Gasteiger partial charge in [-0.3, -0.25) is 4.79 Å². The highest BCUT2D eigenvalue weighted by molar-refractivity contribution is 5.96. The fourth-order valence-electron chi connectivity index (χ4n) is 7.77. The van der Waals surface area contributed by atoms with Gasteiger partial charge in [0.15, 0.2) is 0 Å². The number of rotatable bonds is 2. The summed E-state index contributed by atoms with van der Waals surface area (Å²) in [6, 6.07) is 42.1. The van der Waals surface area contributed by atoms with E-state index in [4.69, 9.17) is 9.15 Å². The normalized spacial score (nSPS) is 14.1. The first-order chi connectivity index (χ1) is 22.8. The fraction of sp³-hybridized carbons (Fsp3) is 0.140. The predicted octanol–water partition coefficient (Wildman–Crippen LogP) is 11.0. The Morgan fingerprint density at radius 2 is 1.26 bits per heavy atom. The minimum Gasteiger partial charge on any atom is -0.457 e. The Hall–Kier alpha value is -5.61.